The molecule has 0 aliphatic carbocycles. The van der Waals surface area contributed by atoms with Gasteiger partial charge in [0.25, 0.3) is 11.7 Å². The van der Waals surface area contributed by atoms with Gasteiger partial charge in [0.2, 0.25) is 0 Å². The lowest BCUT2D eigenvalue weighted by Gasteiger charge is -2.03. The molecule has 0 aliphatic rings. The molecule has 0 fully saturated rings. The third-order valence-electron chi connectivity index (χ3n) is 2.14. The molecule has 0 aliphatic heterocycles. The second-order valence-electron chi connectivity index (χ2n) is 3.27. The molecule has 1 heterocycles. The highest BCUT2D eigenvalue weighted by Crippen LogP contribution is 2.27. The number of carboxylic acids is 1. The molecule has 0 amide bonds. The summed E-state index contributed by atoms with van der Waals surface area (Å²) < 4.78 is 4.85. The van der Waals surface area contributed by atoms with Crippen LogP contribution in [-0.4, -0.2) is 21.2 Å². The summed E-state index contributed by atoms with van der Waals surface area (Å²) in [6.45, 7) is 1.83. The number of nitrogens with two attached hydrogens (primary N) is 1. The van der Waals surface area contributed by atoms with Gasteiger partial charge in [0.05, 0.1) is 5.56 Å². The van der Waals surface area contributed by atoms with Crippen molar-refractivity contribution in [2.24, 2.45) is 0 Å². The van der Waals surface area contributed by atoms with Crippen LogP contribution in [0.25, 0.3) is 11.5 Å². The van der Waals surface area contributed by atoms with Gasteiger partial charge in [-0.3, -0.25) is 0 Å². The smallest absolute Gasteiger partial charge is 0.377 e. The number of carboxylic acid groups (broad SMARTS) is 1. The van der Waals surface area contributed by atoms with Gasteiger partial charge in [-0.25, -0.2) is 4.79 Å². The Balaban J connectivity index is 2.54. The highest BCUT2D eigenvalue weighted by molar-refractivity contribution is 5.84. The van der Waals surface area contributed by atoms with Gasteiger partial charge >= 0.3 is 5.97 Å². The minimum Gasteiger partial charge on any atom is -0.475 e. The maximum absolute atomic E-state index is 10.6. The van der Waals surface area contributed by atoms with Crippen molar-refractivity contribution in [3.63, 3.8) is 0 Å². The third kappa shape index (κ3) is 1.60. The molecule has 3 N–H and O–H groups in total. The average molecular weight is 219 g/mol. The van der Waals surface area contributed by atoms with E-state index in [1.165, 1.54) is 0 Å². The van der Waals surface area contributed by atoms with Crippen molar-refractivity contribution in [2.75, 3.05) is 5.73 Å². The summed E-state index contributed by atoms with van der Waals surface area (Å²) in [5.74, 6) is -1.49. The van der Waals surface area contributed by atoms with Gasteiger partial charge < -0.3 is 15.4 Å². The van der Waals surface area contributed by atoms with E-state index in [4.69, 9.17) is 15.4 Å². The Kier molecular flexibility index (Phi) is 2.32. The molecule has 6 nitrogen and oxygen atoms in total. The summed E-state index contributed by atoms with van der Waals surface area (Å²) in [5.41, 5.74) is 7.66. The molecule has 0 saturated carbocycles. The van der Waals surface area contributed by atoms with Crippen LogP contribution in [0.4, 0.5) is 5.69 Å². The molecular weight excluding hydrogens is 210 g/mol. The summed E-state index contributed by atoms with van der Waals surface area (Å²) in [7, 11) is 0. The van der Waals surface area contributed by atoms with Crippen molar-refractivity contribution in [1.29, 1.82) is 0 Å². The SMILES string of the molecule is Cc1cccc(N)c1-c1nc(C(=O)O)no1. The number of hydrogen-bond acceptors (Lipinski definition) is 5. The van der Waals surface area contributed by atoms with Crippen LogP contribution in [0.2, 0.25) is 0 Å². The van der Waals surface area contributed by atoms with Crippen LogP contribution in [0.1, 0.15) is 16.2 Å². The summed E-state index contributed by atoms with van der Waals surface area (Å²) in [4.78, 5) is 14.3. The van der Waals surface area contributed by atoms with Crippen molar-refractivity contribution in [3.8, 4) is 11.5 Å². The first-order valence-corrected chi connectivity index (χ1v) is 4.52. The van der Waals surface area contributed by atoms with Crippen LogP contribution in [0.3, 0.4) is 0 Å². The Hall–Kier alpha value is -2.37. The number of carbonyl (C=O) groups is 1. The van der Waals surface area contributed by atoms with Gasteiger partial charge in [-0.1, -0.05) is 12.1 Å². The number of aromatic carboxylic acids is 1. The monoisotopic (exact) mass is 219 g/mol. The molecule has 2 rings (SSSR count). The van der Waals surface area contributed by atoms with Crippen molar-refractivity contribution in [1.82, 2.24) is 10.1 Å². The van der Waals surface area contributed by atoms with E-state index in [-0.39, 0.29) is 11.7 Å². The van der Waals surface area contributed by atoms with Crippen LogP contribution < -0.4 is 5.73 Å². The van der Waals surface area contributed by atoms with Crippen molar-refractivity contribution >= 4 is 11.7 Å². The Labute approximate surface area is 90.7 Å². The molecule has 0 bridgehead atoms. The number of rotatable bonds is 2. The Morgan fingerprint density at radius 3 is 2.81 bits per heavy atom. The summed E-state index contributed by atoms with van der Waals surface area (Å²) in [6.07, 6.45) is 0. The largest absolute Gasteiger partial charge is 0.475 e. The van der Waals surface area contributed by atoms with E-state index >= 15 is 0 Å². The van der Waals surface area contributed by atoms with Crippen molar-refractivity contribution < 1.29 is 14.4 Å². The van der Waals surface area contributed by atoms with Gasteiger partial charge in [-0.2, -0.15) is 4.98 Å². The number of aryl methyl sites for hydroxylation is 1. The summed E-state index contributed by atoms with van der Waals surface area (Å²) >= 11 is 0. The molecule has 2 aromatic rings. The van der Waals surface area contributed by atoms with E-state index in [1.807, 2.05) is 13.0 Å². The average Bonchev–Trinajstić information content (AvgIpc) is 2.66. The fraction of sp³-hybridized carbons (Fsp3) is 0.100. The minimum absolute atomic E-state index is 0.119. The van der Waals surface area contributed by atoms with E-state index in [9.17, 15) is 4.79 Å². The Morgan fingerprint density at radius 2 is 2.25 bits per heavy atom. The normalized spacial score (nSPS) is 10.3. The highest BCUT2D eigenvalue weighted by Gasteiger charge is 2.17. The second kappa shape index (κ2) is 3.65. The summed E-state index contributed by atoms with van der Waals surface area (Å²) in [6, 6.07) is 5.31. The molecule has 0 atom stereocenters. The molecule has 0 unspecified atom stereocenters. The zero-order valence-electron chi connectivity index (χ0n) is 8.47. The predicted molar refractivity (Wildman–Crippen MR) is 55.8 cm³/mol. The van der Waals surface area contributed by atoms with Crippen molar-refractivity contribution in [3.05, 3.63) is 29.6 Å². The number of benzene rings is 1. The van der Waals surface area contributed by atoms with Gasteiger partial charge in [0.15, 0.2) is 0 Å². The van der Waals surface area contributed by atoms with Crippen LogP contribution in [-0.2, 0) is 0 Å². The number of nitrogens with zero attached hydrogens (tertiary/aromatic N) is 2. The first kappa shape index (κ1) is 10.2. The fourth-order valence-electron chi connectivity index (χ4n) is 1.39. The number of hydrogen-bond donors (Lipinski definition) is 2. The molecule has 0 saturated heterocycles. The van der Waals surface area contributed by atoms with E-state index < -0.39 is 5.97 Å². The predicted octanol–water partition coefficient (Wildman–Crippen LogP) is 1.33. The molecule has 6 heteroatoms. The minimum atomic E-state index is -1.23. The zero-order valence-corrected chi connectivity index (χ0v) is 8.47. The van der Waals surface area contributed by atoms with E-state index in [0.717, 1.165) is 5.56 Å². The zero-order chi connectivity index (χ0) is 11.7. The molecule has 1 aromatic carbocycles. The lowest BCUT2D eigenvalue weighted by molar-refractivity contribution is 0.0680. The number of aromatic nitrogens is 2. The van der Waals surface area contributed by atoms with Crippen molar-refractivity contribution in [2.45, 2.75) is 6.92 Å². The second-order valence-corrected chi connectivity index (χ2v) is 3.27. The lowest BCUT2D eigenvalue weighted by atomic mass is 10.1. The van der Waals surface area contributed by atoms with Crippen LogP contribution in [0, 0.1) is 6.92 Å². The first-order valence-electron chi connectivity index (χ1n) is 4.52. The molecule has 0 radical (unpaired) electrons. The molecule has 0 spiro atoms. The van der Waals surface area contributed by atoms with Crippen LogP contribution in [0.15, 0.2) is 22.7 Å². The van der Waals surface area contributed by atoms with Gasteiger partial charge in [-0.05, 0) is 23.7 Å². The lowest BCUT2D eigenvalue weighted by Crippen LogP contribution is -1.99. The van der Waals surface area contributed by atoms with Gasteiger partial charge in [-0.15, -0.1) is 0 Å². The number of nitrogen functional groups attached to an aromatic ring is 1. The Bertz CT molecular complexity index is 528. The first-order chi connectivity index (χ1) is 7.59. The molecular formula is C10H9N3O3. The molecule has 1 aromatic heterocycles. The maximum Gasteiger partial charge on any atom is 0.377 e. The maximum atomic E-state index is 10.6. The van der Waals surface area contributed by atoms with E-state index in [2.05, 4.69) is 10.1 Å². The Morgan fingerprint density at radius 1 is 1.50 bits per heavy atom. The standard InChI is InChI=1S/C10H9N3O3/c1-5-3-2-4-6(11)7(5)9-12-8(10(14)15)13-16-9/h2-4H,11H2,1H3,(H,14,15). The van der Waals surface area contributed by atoms with Gasteiger partial charge in [0, 0.05) is 5.69 Å². The van der Waals surface area contributed by atoms with Crippen LogP contribution in [0.5, 0.6) is 0 Å². The van der Waals surface area contributed by atoms with E-state index in [1.54, 1.807) is 12.1 Å². The quantitative estimate of drug-likeness (QED) is 0.738. The van der Waals surface area contributed by atoms with Gasteiger partial charge in [0.1, 0.15) is 0 Å². The molecule has 16 heavy (non-hydrogen) atoms. The third-order valence-corrected chi connectivity index (χ3v) is 2.14. The van der Waals surface area contributed by atoms with Crippen LogP contribution >= 0.6 is 0 Å². The topological polar surface area (TPSA) is 102 Å². The van der Waals surface area contributed by atoms with E-state index in [0.29, 0.717) is 11.3 Å². The number of anilines is 1. The fourth-order valence-corrected chi connectivity index (χ4v) is 1.39. The highest BCUT2D eigenvalue weighted by atomic mass is 16.5. The summed E-state index contributed by atoms with van der Waals surface area (Å²) in [5, 5.41) is 12.0. The molecule has 82 valence electrons.